The standard InChI is InChI=1S/C11H16N2O/c1-9-4-3-5-10(2)11(9)13(14)7-6-12-8-13/h3-5,12H,6-8H2,1-2H3. The lowest BCUT2D eigenvalue weighted by Gasteiger charge is -2.38. The Labute approximate surface area is 84.5 Å². The summed E-state index contributed by atoms with van der Waals surface area (Å²) in [6, 6.07) is 6.03. The Kier molecular flexibility index (Phi) is 2.31. The van der Waals surface area contributed by atoms with Crippen LogP contribution in [0.5, 0.6) is 0 Å². The molecule has 1 aromatic rings. The molecular formula is C11H16N2O. The van der Waals surface area contributed by atoms with Gasteiger partial charge in [-0.3, -0.25) is 5.32 Å². The van der Waals surface area contributed by atoms with Gasteiger partial charge in [0.2, 0.25) is 0 Å². The van der Waals surface area contributed by atoms with E-state index in [0.717, 1.165) is 23.4 Å². The van der Waals surface area contributed by atoms with Gasteiger partial charge in [0.05, 0.1) is 13.1 Å². The van der Waals surface area contributed by atoms with Gasteiger partial charge in [0.15, 0.2) is 0 Å². The fourth-order valence-corrected chi connectivity index (χ4v) is 2.24. The van der Waals surface area contributed by atoms with Gasteiger partial charge in [0.1, 0.15) is 12.4 Å². The van der Waals surface area contributed by atoms with Crippen LogP contribution in [0.3, 0.4) is 0 Å². The van der Waals surface area contributed by atoms with Crippen LogP contribution in [0.4, 0.5) is 5.69 Å². The van der Waals surface area contributed by atoms with Gasteiger partial charge in [-0.05, 0) is 13.8 Å². The fourth-order valence-electron chi connectivity index (χ4n) is 2.24. The summed E-state index contributed by atoms with van der Waals surface area (Å²) < 4.78 is -0.210. The minimum absolute atomic E-state index is 0.210. The van der Waals surface area contributed by atoms with Crippen molar-refractivity contribution < 1.29 is 0 Å². The second-order valence-corrected chi connectivity index (χ2v) is 4.01. The van der Waals surface area contributed by atoms with Crippen LogP contribution in [-0.2, 0) is 0 Å². The van der Waals surface area contributed by atoms with Gasteiger partial charge in [-0.25, -0.2) is 0 Å². The van der Waals surface area contributed by atoms with Crippen molar-refractivity contribution in [2.45, 2.75) is 13.8 Å². The molecule has 0 amide bonds. The number of aryl methyl sites for hydroxylation is 2. The number of hydrogen-bond acceptors (Lipinski definition) is 2. The molecule has 1 aromatic carbocycles. The molecule has 14 heavy (non-hydrogen) atoms. The average Bonchev–Trinajstić information content (AvgIpc) is 2.52. The maximum absolute atomic E-state index is 12.4. The molecule has 2 rings (SSSR count). The number of nitrogens with zero attached hydrogens (tertiary/aromatic N) is 1. The van der Waals surface area contributed by atoms with Crippen LogP contribution in [0, 0.1) is 19.1 Å². The first-order valence-electron chi connectivity index (χ1n) is 4.99. The molecule has 1 N–H and O–H groups in total. The lowest BCUT2D eigenvalue weighted by Crippen LogP contribution is -2.42. The van der Waals surface area contributed by atoms with Crippen molar-refractivity contribution in [1.29, 1.82) is 0 Å². The molecule has 1 saturated heterocycles. The molecule has 1 fully saturated rings. The highest BCUT2D eigenvalue weighted by Crippen LogP contribution is 2.30. The van der Waals surface area contributed by atoms with Gasteiger partial charge in [-0.1, -0.05) is 18.2 Å². The molecule has 0 aromatic heterocycles. The lowest BCUT2D eigenvalue weighted by molar-refractivity contribution is 0.445. The summed E-state index contributed by atoms with van der Waals surface area (Å²) in [6.45, 7) is 5.99. The van der Waals surface area contributed by atoms with Crippen molar-refractivity contribution in [1.82, 2.24) is 9.96 Å². The quantitative estimate of drug-likeness (QED) is 0.542. The number of quaternary nitrogens is 1. The smallest absolute Gasteiger partial charge is 0.139 e. The van der Waals surface area contributed by atoms with Gasteiger partial charge >= 0.3 is 0 Å². The van der Waals surface area contributed by atoms with E-state index >= 15 is 0 Å². The first kappa shape index (κ1) is 9.65. The molecule has 3 nitrogen and oxygen atoms in total. The Hall–Kier alpha value is -0.900. The van der Waals surface area contributed by atoms with Crippen LogP contribution in [0.1, 0.15) is 11.1 Å². The summed E-state index contributed by atoms with van der Waals surface area (Å²) in [4.78, 5) is 0. The highest BCUT2D eigenvalue weighted by Gasteiger charge is 2.28. The summed E-state index contributed by atoms with van der Waals surface area (Å²) in [6.07, 6.45) is 0. The third-order valence-electron chi connectivity index (χ3n) is 2.86. The number of hydrogen-bond donors (Lipinski definition) is 1. The largest absolute Gasteiger partial charge is 0.626 e. The van der Waals surface area contributed by atoms with Crippen LogP contribution in [-0.4, -0.2) is 19.8 Å². The van der Waals surface area contributed by atoms with Gasteiger partial charge in [0, 0.05) is 11.1 Å². The third-order valence-corrected chi connectivity index (χ3v) is 2.86. The number of hydroxylamine groups is 2. The molecule has 1 aliphatic rings. The molecule has 0 bridgehead atoms. The van der Waals surface area contributed by atoms with Gasteiger partial charge in [0.25, 0.3) is 0 Å². The van der Waals surface area contributed by atoms with E-state index in [1.807, 2.05) is 32.0 Å². The molecule has 0 radical (unpaired) electrons. The van der Waals surface area contributed by atoms with E-state index < -0.39 is 0 Å². The van der Waals surface area contributed by atoms with E-state index in [0.29, 0.717) is 13.2 Å². The Morgan fingerprint density at radius 3 is 2.43 bits per heavy atom. The SMILES string of the molecule is Cc1cccc(C)c1[N+]1([O-])CCNC1. The van der Waals surface area contributed by atoms with Crippen molar-refractivity contribution >= 4 is 5.69 Å². The zero-order valence-corrected chi connectivity index (χ0v) is 8.71. The predicted octanol–water partition coefficient (Wildman–Crippen LogP) is 1.67. The maximum atomic E-state index is 12.4. The molecular weight excluding hydrogens is 176 g/mol. The van der Waals surface area contributed by atoms with E-state index in [9.17, 15) is 5.21 Å². The molecule has 1 heterocycles. The van der Waals surface area contributed by atoms with Crippen molar-refractivity contribution in [3.8, 4) is 0 Å². The Morgan fingerprint density at radius 2 is 1.93 bits per heavy atom. The molecule has 0 saturated carbocycles. The zero-order chi connectivity index (χ0) is 10.2. The van der Waals surface area contributed by atoms with Crippen molar-refractivity contribution in [2.24, 2.45) is 0 Å². The minimum atomic E-state index is -0.210. The second-order valence-electron chi connectivity index (χ2n) is 4.01. The minimum Gasteiger partial charge on any atom is -0.626 e. The van der Waals surface area contributed by atoms with Crippen molar-refractivity contribution in [3.63, 3.8) is 0 Å². The fraction of sp³-hybridized carbons (Fsp3) is 0.455. The zero-order valence-electron chi connectivity index (χ0n) is 8.71. The van der Waals surface area contributed by atoms with Crippen LogP contribution >= 0.6 is 0 Å². The Bertz CT molecular complexity index is 323. The molecule has 0 aliphatic carbocycles. The number of para-hydroxylation sites is 1. The molecule has 3 heteroatoms. The molecule has 1 atom stereocenters. The van der Waals surface area contributed by atoms with Crippen molar-refractivity contribution in [2.75, 3.05) is 19.8 Å². The average molecular weight is 192 g/mol. The number of benzene rings is 1. The van der Waals surface area contributed by atoms with Gasteiger partial charge < -0.3 is 9.85 Å². The van der Waals surface area contributed by atoms with E-state index in [1.165, 1.54) is 0 Å². The summed E-state index contributed by atoms with van der Waals surface area (Å²) in [5.74, 6) is 0. The Balaban J connectivity index is 2.49. The van der Waals surface area contributed by atoms with Gasteiger partial charge in [-0.15, -0.1) is 0 Å². The van der Waals surface area contributed by atoms with Crippen LogP contribution < -0.4 is 9.96 Å². The van der Waals surface area contributed by atoms with Crippen LogP contribution in [0.2, 0.25) is 0 Å². The van der Waals surface area contributed by atoms with Crippen LogP contribution in [0.25, 0.3) is 0 Å². The number of rotatable bonds is 1. The third kappa shape index (κ3) is 1.43. The number of nitrogens with one attached hydrogen (secondary N) is 1. The monoisotopic (exact) mass is 192 g/mol. The molecule has 76 valence electrons. The van der Waals surface area contributed by atoms with E-state index in [2.05, 4.69) is 5.32 Å². The summed E-state index contributed by atoms with van der Waals surface area (Å²) in [7, 11) is 0. The predicted molar refractivity (Wildman–Crippen MR) is 58.8 cm³/mol. The summed E-state index contributed by atoms with van der Waals surface area (Å²) >= 11 is 0. The van der Waals surface area contributed by atoms with Gasteiger partial charge in [-0.2, -0.15) is 0 Å². The van der Waals surface area contributed by atoms with E-state index in [-0.39, 0.29) is 4.65 Å². The summed E-state index contributed by atoms with van der Waals surface area (Å²) in [5, 5.41) is 15.5. The van der Waals surface area contributed by atoms with E-state index in [4.69, 9.17) is 0 Å². The highest BCUT2D eigenvalue weighted by atomic mass is 16.6. The maximum Gasteiger partial charge on any atom is 0.139 e. The lowest BCUT2D eigenvalue weighted by atomic mass is 10.1. The summed E-state index contributed by atoms with van der Waals surface area (Å²) in [5.41, 5.74) is 3.14. The normalized spacial score (nSPS) is 26.8. The molecule has 0 spiro atoms. The Morgan fingerprint density at radius 1 is 1.29 bits per heavy atom. The first-order valence-corrected chi connectivity index (χ1v) is 4.99. The molecule has 1 unspecified atom stereocenters. The molecule has 1 aliphatic heterocycles. The topological polar surface area (TPSA) is 35.1 Å². The second kappa shape index (κ2) is 3.35. The van der Waals surface area contributed by atoms with E-state index in [1.54, 1.807) is 0 Å². The highest BCUT2D eigenvalue weighted by molar-refractivity contribution is 5.56. The van der Waals surface area contributed by atoms with Crippen molar-refractivity contribution in [3.05, 3.63) is 34.5 Å². The van der Waals surface area contributed by atoms with Crippen LogP contribution in [0.15, 0.2) is 18.2 Å². The first-order chi connectivity index (χ1) is 6.63.